The minimum atomic E-state index is -0.166. The zero-order chi connectivity index (χ0) is 13.0. The van der Waals surface area contributed by atoms with E-state index in [1.165, 1.54) is 18.2 Å². The summed E-state index contributed by atoms with van der Waals surface area (Å²) in [5.41, 5.74) is 7.81. The second-order valence-corrected chi connectivity index (χ2v) is 6.16. The zero-order valence-electron chi connectivity index (χ0n) is 10.9. The lowest BCUT2D eigenvalue weighted by Crippen LogP contribution is -2.37. The Balaban J connectivity index is 2.06. The Hall–Kier alpha value is -0.580. The first kappa shape index (κ1) is 13.8. The smallest absolute Gasteiger partial charge is 0.123 e. The van der Waals surface area contributed by atoms with Crippen molar-refractivity contribution in [2.45, 2.75) is 31.7 Å². The Bertz CT molecular complexity index is 397. The van der Waals surface area contributed by atoms with Crippen molar-refractivity contribution in [2.24, 2.45) is 5.73 Å². The van der Waals surface area contributed by atoms with Crippen molar-refractivity contribution >= 4 is 11.8 Å². The number of nitrogens with two attached hydrogens (primary N) is 1. The molecule has 0 radical (unpaired) electrons. The van der Waals surface area contributed by atoms with Crippen LogP contribution >= 0.6 is 11.8 Å². The molecule has 0 amide bonds. The predicted octanol–water partition coefficient (Wildman–Crippen LogP) is 2.61. The monoisotopic (exact) mass is 268 g/mol. The summed E-state index contributed by atoms with van der Waals surface area (Å²) in [4.78, 5) is 2.42. The Morgan fingerprint density at radius 3 is 3.00 bits per heavy atom. The van der Waals surface area contributed by atoms with E-state index in [1.807, 2.05) is 0 Å². The van der Waals surface area contributed by atoms with Crippen LogP contribution in [0.15, 0.2) is 18.2 Å². The highest BCUT2D eigenvalue weighted by Crippen LogP contribution is 2.23. The van der Waals surface area contributed by atoms with Crippen LogP contribution in [0, 0.1) is 5.82 Å². The van der Waals surface area contributed by atoms with Crippen LogP contribution in [0.2, 0.25) is 0 Å². The Labute approximate surface area is 113 Å². The van der Waals surface area contributed by atoms with Crippen LogP contribution < -0.4 is 5.73 Å². The third kappa shape index (κ3) is 3.46. The summed E-state index contributed by atoms with van der Waals surface area (Å²) < 4.78 is 13.3. The number of halogens is 1. The lowest BCUT2D eigenvalue weighted by atomic mass is 10.1. The van der Waals surface area contributed by atoms with E-state index >= 15 is 0 Å². The summed E-state index contributed by atoms with van der Waals surface area (Å²) in [6.07, 6.45) is 1.20. The maximum Gasteiger partial charge on any atom is 0.123 e. The number of benzene rings is 1. The molecular weight excluding hydrogens is 247 g/mol. The average Bonchev–Trinajstić information content (AvgIpc) is 2.39. The topological polar surface area (TPSA) is 29.3 Å². The summed E-state index contributed by atoms with van der Waals surface area (Å²) in [6.45, 7) is 5.72. The molecule has 1 aliphatic rings. The van der Waals surface area contributed by atoms with Crippen LogP contribution in [-0.2, 0) is 13.1 Å². The lowest BCUT2D eigenvalue weighted by Gasteiger charge is -2.32. The van der Waals surface area contributed by atoms with Gasteiger partial charge in [0.05, 0.1) is 0 Å². The van der Waals surface area contributed by atoms with Crippen molar-refractivity contribution < 1.29 is 4.39 Å². The zero-order valence-corrected chi connectivity index (χ0v) is 11.7. The molecule has 0 bridgehead atoms. The van der Waals surface area contributed by atoms with Gasteiger partial charge < -0.3 is 5.73 Å². The van der Waals surface area contributed by atoms with Crippen LogP contribution in [0.3, 0.4) is 0 Å². The summed E-state index contributed by atoms with van der Waals surface area (Å²) >= 11 is 2.05. The minimum absolute atomic E-state index is 0.166. The molecule has 0 saturated carbocycles. The van der Waals surface area contributed by atoms with Gasteiger partial charge in [0.15, 0.2) is 0 Å². The fourth-order valence-corrected chi connectivity index (χ4v) is 3.60. The molecule has 1 aliphatic heterocycles. The van der Waals surface area contributed by atoms with Gasteiger partial charge in [-0.2, -0.15) is 11.8 Å². The molecule has 1 aromatic carbocycles. The molecule has 2 N–H and O–H groups in total. The molecule has 100 valence electrons. The number of nitrogens with zero attached hydrogens (tertiary/aromatic N) is 1. The van der Waals surface area contributed by atoms with Crippen LogP contribution in [-0.4, -0.2) is 29.0 Å². The van der Waals surface area contributed by atoms with Gasteiger partial charge >= 0.3 is 0 Å². The molecule has 1 fully saturated rings. The highest BCUT2D eigenvalue weighted by Gasteiger charge is 2.19. The van der Waals surface area contributed by atoms with E-state index in [4.69, 9.17) is 5.73 Å². The molecule has 0 aliphatic carbocycles. The van der Waals surface area contributed by atoms with Crippen molar-refractivity contribution in [1.82, 2.24) is 4.90 Å². The maximum atomic E-state index is 13.3. The Kier molecular flexibility index (Phi) is 5.03. The number of hydrogen-bond acceptors (Lipinski definition) is 3. The number of thioether (sulfide) groups is 1. The number of rotatable bonds is 4. The van der Waals surface area contributed by atoms with E-state index in [1.54, 1.807) is 12.1 Å². The first-order valence-corrected chi connectivity index (χ1v) is 7.59. The molecule has 1 unspecified atom stereocenters. The SMILES string of the molecule is CCC1CN(Cc2cc(F)ccc2CN)CCS1. The van der Waals surface area contributed by atoms with Gasteiger partial charge in [-0.1, -0.05) is 13.0 Å². The quantitative estimate of drug-likeness (QED) is 0.910. The maximum absolute atomic E-state index is 13.3. The van der Waals surface area contributed by atoms with Gasteiger partial charge in [-0.15, -0.1) is 0 Å². The van der Waals surface area contributed by atoms with E-state index in [0.29, 0.717) is 11.8 Å². The molecule has 1 aromatic rings. The third-order valence-electron chi connectivity index (χ3n) is 3.46. The lowest BCUT2D eigenvalue weighted by molar-refractivity contribution is 0.272. The normalized spacial score (nSPS) is 21.2. The first-order valence-electron chi connectivity index (χ1n) is 6.54. The highest BCUT2D eigenvalue weighted by molar-refractivity contribution is 8.00. The largest absolute Gasteiger partial charge is 0.326 e. The van der Waals surface area contributed by atoms with Gasteiger partial charge in [-0.3, -0.25) is 4.90 Å². The van der Waals surface area contributed by atoms with Crippen molar-refractivity contribution in [1.29, 1.82) is 0 Å². The van der Waals surface area contributed by atoms with E-state index < -0.39 is 0 Å². The molecule has 2 rings (SSSR count). The minimum Gasteiger partial charge on any atom is -0.326 e. The Morgan fingerprint density at radius 1 is 1.44 bits per heavy atom. The van der Waals surface area contributed by atoms with Crippen molar-refractivity contribution in [2.75, 3.05) is 18.8 Å². The standard InChI is InChI=1S/C14H21FN2S/c1-2-14-10-17(5-6-18-14)9-12-7-13(15)4-3-11(12)8-16/h3-4,7,14H,2,5-6,8-10,16H2,1H3. The molecule has 0 aromatic heterocycles. The second kappa shape index (κ2) is 6.55. The fourth-order valence-electron chi connectivity index (χ4n) is 2.35. The van der Waals surface area contributed by atoms with E-state index in [0.717, 1.165) is 30.8 Å². The van der Waals surface area contributed by atoms with Gasteiger partial charge in [0.2, 0.25) is 0 Å². The second-order valence-electron chi connectivity index (χ2n) is 4.75. The van der Waals surface area contributed by atoms with Gasteiger partial charge in [0.1, 0.15) is 5.82 Å². The van der Waals surface area contributed by atoms with Crippen molar-refractivity contribution in [3.8, 4) is 0 Å². The van der Waals surface area contributed by atoms with E-state index in [2.05, 4.69) is 23.6 Å². The van der Waals surface area contributed by atoms with Crippen LogP contribution in [0.1, 0.15) is 24.5 Å². The summed E-state index contributed by atoms with van der Waals surface area (Å²) in [5, 5.41) is 0.716. The predicted molar refractivity (Wildman–Crippen MR) is 76.1 cm³/mol. The van der Waals surface area contributed by atoms with Gasteiger partial charge in [-0.25, -0.2) is 4.39 Å². The molecule has 2 nitrogen and oxygen atoms in total. The van der Waals surface area contributed by atoms with Crippen LogP contribution in [0.5, 0.6) is 0 Å². The van der Waals surface area contributed by atoms with Crippen molar-refractivity contribution in [3.05, 3.63) is 35.1 Å². The molecule has 18 heavy (non-hydrogen) atoms. The van der Waals surface area contributed by atoms with Gasteiger partial charge in [0, 0.05) is 37.2 Å². The molecule has 0 spiro atoms. The molecule has 4 heteroatoms. The molecule has 1 saturated heterocycles. The van der Waals surface area contributed by atoms with Gasteiger partial charge in [-0.05, 0) is 29.7 Å². The van der Waals surface area contributed by atoms with Crippen LogP contribution in [0.25, 0.3) is 0 Å². The summed E-state index contributed by atoms with van der Waals surface area (Å²) in [6, 6.07) is 4.93. The van der Waals surface area contributed by atoms with Gasteiger partial charge in [0.25, 0.3) is 0 Å². The fraction of sp³-hybridized carbons (Fsp3) is 0.571. The highest BCUT2D eigenvalue weighted by atomic mass is 32.2. The van der Waals surface area contributed by atoms with Crippen molar-refractivity contribution in [3.63, 3.8) is 0 Å². The van der Waals surface area contributed by atoms with Crippen LogP contribution in [0.4, 0.5) is 4.39 Å². The Morgan fingerprint density at radius 2 is 2.28 bits per heavy atom. The average molecular weight is 268 g/mol. The van der Waals surface area contributed by atoms with E-state index in [9.17, 15) is 4.39 Å². The molecule has 1 atom stereocenters. The third-order valence-corrected chi connectivity index (χ3v) is 4.83. The molecule has 1 heterocycles. The molecular formula is C14H21FN2S. The first-order chi connectivity index (χ1) is 8.72. The summed E-state index contributed by atoms with van der Waals surface area (Å²) in [5.74, 6) is 1.01. The summed E-state index contributed by atoms with van der Waals surface area (Å²) in [7, 11) is 0. The number of hydrogen-bond donors (Lipinski definition) is 1. The van der Waals surface area contributed by atoms with E-state index in [-0.39, 0.29) is 5.82 Å².